The van der Waals surface area contributed by atoms with Crippen molar-refractivity contribution in [3.8, 4) is 10.4 Å². The molecule has 1 aliphatic rings. The molecule has 0 spiro atoms. The number of benzene rings is 1. The number of rotatable bonds is 1. The molecule has 3 rings (SSSR count). The zero-order valence-electron chi connectivity index (χ0n) is 13.6. The highest BCUT2D eigenvalue weighted by molar-refractivity contribution is 7.18. The van der Waals surface area contributed by atoms with Crippen LogP contribution in [0.4, 0.5) is 5.13 Å². The lowest BCUT2D eigenvalue weighted by molar-refractivity contribution is 0.519. The van der Waals surface area contributed by atoms with Crippen LogP contribution in [0.3, 0.4) is 0 Å². The Kier molecular flexibility index (Phi) is 3.17. The first-order chi connectivity index (χ1) is 9.68. The fourth-order valence-corrected chi connectivity index (χ4v) is 3.91. The maximum absolute atomic E-state index is 5.85. The molecule has 0 saturated carbocycles. The van der Waals surface area contributed by atoms with Gasteiger partial charge in [-0.3, -0.25) is 0 Å². The molecule has 2 aromatic rings. The van der Waals surface area contributed by atoms with E-state index >= 15 is 0 Å². The number of nitrogen functional groups attached to an aromatic ring is 1. The van der Waals surface area contributed by atoms with E-state index in [1.165, 1.54) is 33.6 Å². The lowest BCUT2D eigenvalue weighted by Crippen LogP contribution is -2.16. The fraction of sp³-hybridized carbons (Fsp3) is 0.500. The van der Waals surface area contributed by atoms with Gasteiger partial charge in [-0.05, 0) is 52.0 Å². The number of nitrogens with zero attached hydrogens (tertiary/aromatic N) is 1. The van der Waals surface area contributed by atoms with Crippen molar-refractivity contribution >= 4 is 16.5 Å². The molecule has 0 atom stereocenters. The zero-order valence-corrected chi connectivity index (χ0v) is 14.4. The molecule has 0 bridgehead atoms. The summed E-state index contributed by atoms with van der Waals surface area (Å²) >= 11 is 1.59. The zero-order chi connectivity index (χ0) is 15.4. The molecule has 0 radical (unpaired) electrons. The second-order valence-corrected chi connectivity index (χ2v) is 8.81. The van der Waals surface area contributed by atoms with Crippen molar-refractivity contribution in [1.29, 1.82) is 0 Å². The molecule has 21 heavy (non-hydrogen) atoms. The molecular formula is C18H24N2S. The first kappa shape index (κ1) is 14.6. The second kappa shape index (κ2) is 4.57. The fourth-order valence-electron chi connectivity index (χ4n) is 3.18. The summed E-state index contributed by atoms with van der Waals surface area (Å²) in [7, 11) is 0. The molecule has 0 fully saturated rings. The van der Waals surface area contributed by atoms with Gasteiger partial charge in [0.25, 0.3) is 0 Å². The lowest BCUT2D eigenvalue weighted by atomic mass is 9.79. The number of hydrogen-bond acceptors (Lipinski definition) is 3. The van der Waals surface area contributed by atoms with Gasteiger partial charge in [0.1, 0.15) is 0 Å². The van der Waals surface area contributed by atoms with Gasteiger partial charge in [0, 0.05) is 6.20 Å². The van der Waals surface area contributed by atoms with Crippen molar-refractivity contribution in [2.24, 2.45) is 0 Å². The third-order valence-corrected chi connectivity index (χ3v) is 5.49. The summed E-state index contributed by atoms with van der Waals surface area (Å²) in [5, 5.41) is 0.650. The molecule has 1 aromatic heterocycles. The summed E-state index contributed by atoms with van der Waals surface area (Å²) in [6.07, 6.45) is 4.30. The molecule has 2 N–H and O–H groups in total. The van der Waals surface area contributed by atoms with E-state index in [1.54, 1.807) is 11.3 Å². The maximum atomic E-state index is 5.85. The maximum Gasteiger partial charge on any atom is 0.180 e. The van der Waals surface area contributed by atoms with Gasteiger partial charge in [-0.2, -0.15) is 0 Å². The van der Waals surface area contributed by atoms with Gasteiger partial charge in [0.05, 0.1) is 4.88 Å². The van der Waals surface area contributed by atoms with Gasteiger partial charge in [-0.25, -0.2) is 4.98 Å². The van der Waals surface area contributed by atoms with Crippen LogP contribution in [0.2, 0.25) is 0 Å². The highest BCUT2D eigenvalue weighted by Gasteiger charge is 2.33. The van der Waals surface area contributed by atoms with Crippen LogP contribution in [-0.2, 0) is 17.3 Å². The smallest absolute Gasteiger partial charge is 0.180 e. The van der Waals surface area contributed by atoms with Gasteiger partial charge in [-0.1, -0.05) is 52.0 Å². The van der Waals surface area contributed by atoms with E-state index < -0.39 is 0 Å². The molecule has 0 saturated heterocycles. The van der Waals surface area contributed by atoms with Crippen LogP contribution >= 0.6 is 11.3 Å². The van der Waals surface area contributed by atoms with Gasteiger partial charge in [0.15, 0.2) is 5.13 Å². The summed E-state index contributed by atoms with van der Waals surface area (Å²) in [4.78, 5) is 5.44. The van der Waals surface area contributed by atoms with Crippen LogP contribution in [0.15, 0.2) is 18.3 Å². The number of fused-ring (bicyclic) bond motifs is 1. The average Bonchev–Trinajstić information content (AvgIpc) is 2.92. The van der Waals surface area contributed by atoms with Crippen LogP contribution in [-0.4, -0.2) is 4.98 Å². The summed E-state index contributed by atoms with van der Waals surface area (Å²) in [6, 6.07) is 4.78. The van der Waals surface area contributed by atoms with Crippen molar-refractivity contribution in [2.45, 2.75) is 58.3 Å². The highest BCUT2D eigenvalue weighted by atomic mass is 32.1. The lowest BCUT2D eigenvalue weighted by Gasteiger charge is -2.25. The van der Waals surface area contributed by atoms with E-state index in [1.807, 2.05) is 6.20 Å². The van der Waals surface area contributed by atoms with E-state index in [-0.39, 0.29) is 10.8 Å². The standard InChI is InChI=1S/C18H24N2S/c1-17(2,3)11-8-13(15-10-20-16(19)21-15)12-6-7-18(4,5)14(12)9-11/h8-10H,6-7H2,1-5H3,(H2,19,20). The first-order valence-corrected chi connectivity index (χ1v) is 8.40. The molecule has 2 nitrogen and oxygen atoms in total. The molecule has 0 amide bonds. The Bertz CT molecular complexity index is 690. The molecular weight excluding hydrogens is 276 g/mol. The highest BCUT2D eigenvalue weighted by Crippen LogP contribution is 2.46. The Hall–Kier alpha value is -1.35. The minimum atomic E-state index is 0.151. The number of thiazole rings is 1. The third kappa shape index (κ3) is 2.48. The molecule has 1 aliphatic carbocycles. The third-order valence-electron chi connectivity index (χ3n) is 4.63. The van der Waals surface area contributed by atoms with Crippen LogP contribution in [0.25, 0.3) is 10.4 Å². The minimum absolute atomic E-state index is 0.151. The Morgan fingerprint density at radius 1 is 1.24 bits per heavy atom. The predicted octanol–water partition coefficient (Wildman–Crippen LogP) is 4.91. The Labute approximate surface area is 131 Å². The average molecular weight is 300 g/mol. The largest absolute Gasteiger partial charge is 0.375 e. The Balaban J connectivity index is 2.27. The number of aromatic nitrogens is 1. The topological polar surface area (TPSA) is 38.9 Å². The number of nitrogens with two attached hydrogens (primary N) is 1. The molecule has 0 aliphatic heterocycles. The quantitative estimate of drug-likeness (QED) is 0.812. The first-order valence-electron chi connectivity index (χ1n) is 7.58. The number of hydrogen-bond donors (Lipinski definition) is 1. The van der Waals surface area contributed by atoms with Gasteiger partial charge >= 0.3 is 0 Å². The molecule has 1 aromatic carbocycles. The van der Waals surface area contributed by atoms with Crippen LogP contribution in [0, 0.1) is 0 Å². The SMILES string of the molecule is CC(C)(C)c1cc(-c2cnc(N)s2)c2c(c1)C(C)(C)CC2. The van der Waals surface area contributed by atoms with Gasteiger partial charge in [0.2, 0.25) is 0 Å². The van der Waals surface area contributed by atoms with Crippen LogP contribution in [0.1, 0.15) is 57.7 Å². The Morgan fingerprint density at radius 3 is 2.52 bits per heavy atom. The summed E-state index contributed by atoms with van der Waals surface area (Å²) in [6.45, 7) is 11.6. The Morgan fingerprint density at radius 2 is 1.95 bits per heavy atom. The number of anilines is 1. The van der Waals surface area contributed by atoms with Crippen molar-refractivity contribution in [3.63, 3.8) is 0 Å². The molecule has 0 unspecified atom stereocenters. The van der Waals surface area contributed by atoms with Crippen LogP contribution < -0.4 is 5.73 Å². The van der Waals surface area contributed by atoms with Crippen molar-refractivity contribution < 1.29 is 0 Å². The summed E-state index contributed by atoms with van der Waals surface area (Å²) in [5.41, 5.74) is 12.0. The van der Waals surface area contributed by atoms with Crippen LogP contribution in [0.5, 0.6) is 0 Å². The molecule has 1 heterocycles. The summed E-state index contributed by atoms with van der Waals surface area (Å²) < 4.78 is 0. The van der Waals surface area contributed by atoms with Gasteiger partial charge < -0.3 is 5.73 Å². The van der Waals surface area contributed by atoms with Crippen molar-refractivity contribution in [3.05, 3.63) is 35.0 Å². The normalized spacial score (nSPS) is 17.0. The van der Waals surface area contributed by atoms with E-state index in [0.29, 0.717) is 5.13 Å². The predicted molar refractivity (Wildman–Crippen MR) is 92.0 cm³/mol. The minimum Gasteiger partial charge on any atom is -0.375 e. The van der Waals surface area contributed by atoms with Gasteiger partial charge in [-0.15, -0.1) is 0 Å². The summed E-state index contributed by atoms with van der Waals surface area (Å²) in [5.74, 6) is 0. The second-order valence-electron chi connectivity index (χ2n) is 7.75. The molecule has 112 valence electrons. The van der Waals surface area contributed by atoms with E-state index in [2.05, 4.69) is 51.7 Å². The molecule has 3 heteroatoms. The van der Waals surface area contributed by atoms with Crippen molar-refractivity contribution in [1.82, 2.24) is 4.98 Å². The van der Waals surface area contributed by atoms with E-state index in [0.717, 1.165) is 6.42 Å². The monoisotopic (exact) mass is 300 g/mol. The van der Waals surface area contributed by atoms with Crippen molar-refractivity contribution in [2.75, 3.05) is 5.73 Å². The van der Waals surface area contributed by atoms with E-state index in [9.17, 15) is 0 Å². The van der Waals surface area contributed by atoms with E-state index in [4.69, 9.17) is 5.73 Å².